The maximum absolute atomic E-state index is 11.5. The van der Waals surface area contributed by atoms with Crippen molar-refractivity contribution in [2.75, 3.05) is 12.4 Å². The Bertz CT molecular complexity index is 1240. The molecule has 0 aromatic heterocycles. The number of azo groups is 1. The number of phenolic OH excluding ortho intramolecular Hbond substituents is 2. The van der Waals surface area contributed by atoms with E-state index in [0.29, 0.717) is 22.8 Å². The van der Waals surface area contributed by atoms with E-state index in [1.54, 1.807) is 30.3 Å². The molecule has 31 heavy (non-hydrogen) atoms. The van der Waals surface area contributed by atoms with Gasteiger partial charge in [-0.2, -0.15) is 8.42 Å². The molecule has 1 radical (unpaired) electrons. The van der Waals surface area contributed by atoms with Gasteiger partial charge in [-0.25, -0.2) is 5.26 Å². The SMILES string of the molecule is CNc1cc(S(=O)(=O)O)cc(N=Nc2c(SOOO)cc3ccccc3c2O)c1O.[Cu]. The molecule has 0 amide bonds. The predicted molar refractivity (Wildman–Crippen MR) is 108 cm³/mol. The van der Waals surface area contributed by atoms with Crippen LogP contribution >= 0.6 is 12.0 Å². The molecule has 0 aliphatic heterocycles. The van der Waals surface area contributed by atoms with Crippen LogP contribution in [0.3, 0.4) is 0 Å². The molecule has 3 aromatic rings. The number of phenols is 2. The molecule has 0 unspecified atom stereocenters. The molecular weight excluding hydrogens is 502 g/mol. The summed E-state index contributed by atoms with van der Waals surface area (Å²) in [5.74, 6) is -0.710. The molecule has 0 heterocycles. The van der Waals surface area contributed by atoms with Crippen LogP contribution in [0.15, 0.2) is 62.5 Å². The van der Waals surface area contributed by atoms with Crippen LogP contribution in [-0.2, 0) is 36.6 Å². The van der Waals surface area contributed by atoms with Gasteiger partial charge in [0.15, 0.2) is 11.5 Å². The van der Waals surface area contributed by atoms with Crippen LogP contribution in [0.25, 0.3) is 10.8 Å². The number of nitrogens with zero attached hydrogens (tertiary/aromatic N) is 2. The maximum atomic E-state index is 11.5. The second kappa shape index (κ2) is 10.3. The largest absolute Gasteiger partial charge is 0.505 e. The Hall–Kier alpha value is -2.42. The van der Waals surface area contributed by atoms with Crippen molar-refractivity contribution in [3.05, 3.63) is 42.5 Å². The number of nitrogens with one attached hydrogen (secondary N) is 1. The number of benzene rings is 3. The number of anilines is 1. The maximum Gasteiger partial charge on any atom is 0.294 e. The second-order valence-electron chi connectivity index (χ2n) is 5.78. The molecule has 14 heteroatoms. The minimum Gasteiger partial charge on any atom is -0.505 e. The van der Waals surface area contributed by atoms with E-state index in [2.05, 4.69) is 24.9 Å². The van der Waals surface area contributed by atoms with Gasteiger partial charge in [0.05, 0.1) is 27.5 Å². The first-order chi connectivity index (χ1) is 14.3. The topological polar surface area (TPSA) is 170 Å². The van der Waals surface area contributed by atoms with Crippen LogP contribution in [0.4, 0.5) is 17.1 Å². The van der Waals surface area contributed by atoms with Crippen LogP contribution in [0.5, 0.6) is 11.5 Å². The van der Waals surface area contributed by atoms with Gasteiger partial charge in [-0.3, -0.25) is 4.55 Å². The van der Waals surface area contributed by atoms with E-state index < -0.39 is 20.8 Å². The molecule has 11 nitrogen and oxygen atoms in total. The average molecular weight is 517 g/mol. The predicted octanol–water partition coefficient (Wildman–Crippen LogP) is 4.38. The first-order valence-electron chi connectivity index (χ1n) is 8.09. The molecular formula is C17H15CuN3O8S2. The molecule has 0 saturated heterocycles. The van der Waals surface area contributed by atoms with E-state index in [-0.39, 0.29) is 44.8 Å². The van der Waals surface area contributed by atoms with E-state index in [0.717, 1.165) is 12.1 Å². The fourth-order valence-corrected chi connectivity index (χ4v) is 3.64. The molecule has 0 fully saturated rings. The molecule has 0 aliphatic rings. The normalized spacial score (nSPS) is 11.6. The fourth-order valence-electron chi connectivity index (χ4n) is 2.62. The summed E-state index contributed by atoms with van der Waals surface area (Å²) >= 11 is 0.534. The van der Waals surface area contributed by atoms with E-state index in [4.69, 9.17) is 5.26 Å². The summed E-state index contributed by atoms with van der Waals surface area (Å²) in [6, 6.07) is 10.3. The van der Waals surface area contributed by atoms with Crippen molar-refractivity contribution < 1.29 is 54.9 Å². The molecule has 3 rings (SSSR count). The quantitative estimate of drug-likeness (QED) is 0.0577. The molecule has 169 valence electrons. The molecule has 0 aliphatic carbocycles. The standard InChI is InChI=1S/C17H15N3O8S2.Cu/c1-18-12-7-10(30(24,25)26)8-13(17(12)22)19-20-15-14(29-28-27-23)6-9-4-2-3-5-11(9)16(15)21;/h2-8,18,21-23H,1H3,(H,24,25,26);. The molecule has 0 bridgehead atoms. The summed E-state index contributed by atoms with van der Waals surface area (Å²) in [6.45, 7) is 0. The molecule has 0 atom stereocenters. The Morgan fingerprint density at radius 1 is 1.06 bits per heavy atom. The zero-order valence-electron chi connectivity index (χ0n) is 15.5. The number of hydrogen-bond acceptors (Lipinski definition) is 11. The summed E-state index contributed by atoms with van der Waals surface area (Å²) < 4.78 is 36.7. The van der Waals surface area contributed by atoms with Crippen molar-refractivity contribution >= 4 is 50.0 Å². The van der Waals surface area contributed by atoms with Crippen LogP contribution in [0.1, 0.15) is 0 Å². The Morgan fingerprint density at radius 3 is 2.42 bits per heavy atom. The third-order valence-corrected chi connectivity index (χ3v) is 5.45. The van der Waals surface area contributed by atoms with E-state index in [1.807, 2.05) is 0 Å². The van der Waals surface area contributed by atoms with Gasteiger partial charge in [-0.05, 0) is 23.6 Å². The fraction of sp³-hybridized carbons (Fsp3) is 0.0588. The smallest absolute Gasteiger partial charge is 0.294 e. The van der Waals surface area contributed by atoms with Gasteiger partial charge in [0.1, 0.15) is 11.4 Å². The third kappa shape index (κ3) is 5.44. The van der Waals surface area contributed by atoms with Crippen molar-refractivity contribution in [3.8, 4) is 11.5 Å². The Morgan fingerprint density at radius 2 is 1.77 bits per heavy atom. The summed E-state index contributed by atoms with van der Waals surface area (Å²) in [5.41, 5.74) is -0.413. The molecule has 0 saturated carbocycles. The summed E-state index contributed by atoms with van der Waals surface area (Å²) in [7, 11) is -3.15. The van der Waals surface area contributed by atoms with Crippen molar-refractivity contribution in [2.45, 2.75) is 9.79 Å². The van der Waals surface area contributed by atoms with E-state index >= 15 is 0 Å². The number of fused-ring (bicyclic) bond motifs is 1. The van der Waals surface area contributed by atoms with E-state index in [9.17, 15) is 23.2 Å². The molecule has 0 spiro atoms. The number of aromatic hydroxyl groups is 2. The van der Waals surface area contributed by atoms with Crippen LogP contribution < -0.4 is 5.32 Å². The first kappa shape index (κ1) is 24.8. The van der Waals surface area contributed by atoms with Crippen LogP contribution in [0, 0.1) is 0 Å². The Kier molecular flexibility index (Phi) is 8.22. The van der Waals surface area contributed by atoms with Crippen molar-refractivity contribution in [1.29, 1.82) is 0 Å². The third-order valence-electron chi connectivity index (χ3n) is 4.00. The van der Waals surface area contributed by atoms with Gasteiger partial charge in [0.2, 0.25) is 0 Å². The van der Waals surface area contributed by atoms with Crippen molar-refractivity contribution in [3.63, 3.8) is 0 Å². The first-order valence-corrected chi connectivity index (χ1v) is 10.3. The van der Waals surface area contributed by atoms with Crippen molar-refractivity contribution in [1.82, 2.24) is 0 Å². The molecule has 3 aromatic carbocycles. The minimum absolute atomic E-state index is 0. The zero-order valence-corrected chi connectivity index (χ0v) is 18.1. The number of rotatable bonds is 7. The molecule has 5 N–H and O–H groups in total. The van der Waals surface area contributed by atoms with Gasteiger partial charge in [0.25, 0.3) is 10.1 Å². The van der Waals surface area contributed by atoms with Gasteiger partial charge in [0, 0.05) is 29.5 Å². The van der Waals surface area contributed by atoms with Gasteiger partial charge >= 0.3 is 0 Å². The monoisotopic (exact) mass is 516 g/mol. The van der Waals surface area contributed by atoms with Crippen LogP contribution in [0.2, 0.25) is 0 Å². The summed E-state index contributed by atoms with van der Waals surface area (Å²) in [5, 5.41) is 44.3. The van der Waals surface area contributed by atoms with Crippen LogP contribution in [-0.4, -0.2) is 35.5 Å². The zero-order chi connectivity index (χ0) is 21.9. The van der Waals surface area contributed by atoms with Gasteiger partial charge in [-0.1, -0.05) is 29.3 Å². The van der Waals surface area contributed by atoms with E-state index in [1.165, 1.54) is 7.05 Å². The second-order valence-corrected chi connectivity index (χ2v) is 7.95. The van der Waals surface area contributed by atoms with Crippen molar-refractivity contribution in [2.24, 2.45) is 10.2 Å². The minimum atomic E-state index is -4.59. The van der Waals surface area contributed by atoms with Gasteiger partial charge < -0.3 is 15.5 Å². The summed E-state index contributed by atoms with van der Waals surface area (Å²) in [4.78, 5) is -0.323. The number of hydrogen-bond donors (Lipinski definition) is 5. The summed E-state index contributed by atoms with van der Waals surface area (Å²) in [6.07, 6.45) is 0. The average Bonchev–Trinajstić information content (AvgIpc) is 2.71. The Balaban J connectivity index is 0.00000341. The van der Waals surface area contributed by atoms with Gasteiger partial charge in [-0.15, -0.1) is 14.6 Å². The Labute approximate surface area is 191 Å².